The number of hydrogen-bond donors (Lipinski definition) is 3. The van der Waals surface area contributed by atoms with E-state index < -0.39 is 18.4 Å². The van der Waals surface area contributed by atoms with Crippen LogP contribution in [0.1, 0.15) is 18.5 Å². The van der Waals surface area contributed by atoms with E-state index in [2.05, 4.69) is 10.1 Å². The van der Waals surface area contributed by atoms with Crippen molar-refractivity contribution >= 4 is 5.91 Å². The van der Waals surface area contributed by atoms with E-state index in [9.17, 15) is 23.1 Å². The van der Waals surface area contributed by atoms with E-state index in [0.717, 1.165) is 0 Å². The maximum Gasteiger partial charge on any atom is 0.573 e. The Morgan fingerprint density at radius 3 is 2.40 bits per heavy atom. The number of hydrogen-bond acceptors (Lipinski definition) is 4. The van der Waals surface area contributed by atoms with Crippen LogP contribution in [-0.2, 0) is 4.79 Å². The van der Waals surface area contributed by atoms with Gasteiger partial charge < -0.3 is 20.9 Å². The normalized spacial score (nSPS) is 14.7. The minimum Gasteiger partial charge on any atom is -0.406 e. The number of carbonyl (C=O) groups excluding carboxylic acids is 1. The van der Waals surface area contributed by atoms with Gasteiger partial charge in [-0.3, -0.25) is 4.79 Å². The van der Waals surface area contributed by atoms with E-state index in [4.69, 9.17) is 5.73 Å². The Labute approximate surface area is 113 Å². The van der Waals surface area contributed by atoms with Crippen LogP contribution in [0.25, 0.3) is 0 Å². The molecular weight excluding hydrogens is 277 g/mol. The lowest BCUT2D eigenvalue weighted by atomic mass is 10.1. The third kappa shape index (κ3) is 5.45. The largest absolute Gasteiger partial charge is 0.573 e. The third-order valence-electron chi connectivity index (χ3n) is 2.56. The molecule has 5 nitrogen and oxygen atoms in total. The number of aliphatic hydroxyl groups is 1. The molecule has 0 aromatic heterocycles. The van der Waals surface area contributed by atoms with Crippen LogP contribution < -0.4 is 15.8 Å². The molecule has 0 fully saturated rings. The Morgan fingerprint density at radius 2 is 1.95 bits per heavy atom. The van der Waals surface area contributed by atoms with Crippen LogP contribution in [0.4, 0.5) is 13.2 Å². The van der Waals surface area contributed by atoms with E-state index in [1.54, 1.807) is 6.92 Å². The quantitative estimate of drug-likeness (QED) is 0.732. The van der Waals surface area contributed by atoms with Crippen LogP contribution in [0.5, 0.6) is 5.75 Å². The number of halogens is 3. The van der Waals surface area contributed by atoms with Gasteiger partial charge in [0.25, 0.3) is 0 Å². The van der Waals surface area contributed by atoms with Crippen LogP contribution >= 0.6 is 0 Å². The van der Waals surface area contributed by atoms with Crippen molar-refractivity contribution in [2.45, 2.75) is 25.4 Å². The highest BCUT2D eigenvalue weighted by molar-refractivity contribution is 5.78. The molecule has 0 spiro atoms. The highest BCUT2D eigenvalue weighted by atomic mass is 19.4. The lowest BCUT2D eigenvalue weighted by molar-refractivity contribution is -0.274. The number of primary amides is 1. The first-order valence-corrected chi connectivity index (χ1v) is 5.75. The number of aliphatic hydroxyl groups excluding tert-OH is 1. The van der Waals surface area contributed by atoms with Crippen LogP contribution in [0.15, 0.2) is 24.3 Å². The van der Waals surface area contributed by atoms with Gasteiger partial charge in [-0.2, -0.15) is 0 Å². The van der Waals surface area contributed by atoms with Gasteiger partial charge in [-0.1, -0.05) is 12.1 Å². The fourth-order valence-electron chi connectivity index (χ4n) is 1.47. The molecule has 2 unspecified atom stereocenters. The Bertz CT molecular complexity index is 448. The average molecular weight is 292 g/mol. The van der Waals surface area contributed by atoms with Crippen molar-refractivity contribution in [3.05, 3.63) is 29.8 Å². The zero-order chi connectivity index (χ0) is 15.3. The first-order chi connectivity index (χ1) is 9.19. The van der Waals surface area contributed by atoms with Crippen molar-refractivity contribution < 1.29 is 27.8 Å². The van der Waals surface area contributed by atoms with Gasteiger partial charge in [0.05, 0.1) is 0 Å². The molecule has 0 heterocycles. The zero-order valence-corrected chi connectivity index (χ0v) is 10.6. The number of amides is 1. The van der Waals surface area contributed by atoms with Gasteiger partial charge in [0.15, 0.2) is 0 Å². The summed E-state index contributed by atoms with van der Waals surface area (Å²) in [6.45, 7) is 1.69. The second-order valence-electron chi connectivity index (χ2n) is 4.16. The minimum absolute atomic E-state index is 0.0443. The summed E-state index contributed by atoms with van der Waals surface area (Å²) in [5.41, 5.74) is 5.56. The lowest BCUT2D eigenvalue weighted by Gasteiger charge is -2.16. The van der Waals surface area contributed by atoms with Crippen LogP contribution in [0.2, 0.25) is 0 Å². The van der Waals surface area contributed by atoms with Gasteiger partial charge >= 0.3 is 6.36 Å². The van der Waals surface area contributed by atoms with Crippen molar-refractivity contribution in [2.24, 2.45) is 5.73 Å². The summed E-state index contributed by atoms with van der Waals surface area (Å²) >= 11 is 0. The summed E-state index contributed by atoms with van der Waals surface area (Å²) in [6, 6.07) is 5.01. The summed E-state index contributed by atoms with van der Waals surface area (Å²) in [6.07, 6.45) is -6.04. The van der Waals surface area contributed by atoms with Crippen molar-refractivity contribution in [3.8, 4) is 5.75 Å². The number of carbonyl (C=O) groups is 1. The fourth-order valence-corrected chi connectivity index (χ4v) is 1.47. The standard InChI is InChI=1S/C12H15F3N2O3/c1-7(17-6-10(18)11(16)19)8-2-4-9(5-3-8)20-12(13,14)15/h2-5,7,10,17-18H,6H2,1H3,(H2,16,19). The molecule has 0 aliphatic heterocycles. The number of rotatable bonds is 6. The van der Waals surface area contributed by atoms with Gasteiger partial charge in [-0.15, -0.1) is 13.2 Å². The monoisotopic (exact) mass is 292 g/mol. The molecule has 0 saturated heterocycles. The van der Waals surface area contributed by atoms with E-state index >= 15 is 0 Å². The van der Waals surface area contributed by atoms with Crippen molar-refractivity contribution in [1.82, 2.24) is 5.32 Å². The lowest BCUT2D eigenvalue weighted by Crippen LogP contribution is -2.38. The summed E-state index contributed by atoms with van der Waals surface area (Å²) in [7, 11) is 0. The molecule has 1 amide bonds. The molecule has 8 heteroatoms. The molecule has 1 aromatic carbocycles. The first kappa shape index (κ1) is 16.3. The molecule has 20 heavy (non-hydrogen) atoms. The second-order valence-corrected chi connectivity index (χ2v) is 4.16. The average Bonchev–Trinajstić information content (AvgIpc) is 2.34. The van der Waals surface area contributed by atoms with Gasteiger partial charge in [-0.25, -0.2) is 0 Å². The number of nitrogens with one attached hydrogen (secondary N) is 1. The number of nitrogens with two attached hydrogens (primary N) is 1. The topological polar surface area (TPSA) is 84.6 Å². The van der Waals surface area contributed by atoms with Crippen molar-refractivity contribution in [3.63, 3.8) is 0 Å². The van der Waals surface area contributed by atoms with Crippen molar-refractivity contribution in [1.29, 1.82) is 0 Å². The molecule has 112 valence electrons. The molecule has 0 aliphatic carbocycles. The zero-order valence-electron chi connectivity index (χ0n) is 10.6. The molecule has 0 saturated carbocycles. The van der Waals surface area contributed by atoms with Crippen LogP contribution in [-0.4, -0.2) is 30.0 Å². The van der Waals surface area contributed by atoms with Gasteiger partial charge in [-0.05, 0) is 24.6 Å². The minimum atomic E-state index is -4.73. The molecule has 2 atom stereocenters. The van der Waals surface area contributed by atoms with E-state index in [-0.39, 0.29) is 18.3 Å². The molecule has 0 radical (unpaired) electrons. The Balaban J connectivity index is 2.57. The molecular formula is C12H15F3N2O3. The number of alkyl halides is 3. The maximum atomic E-state index is 12.0. The predicted molar refractivity (Wildman–Crippen MR) is 64.7 cm³/mol. The summed E-state index contributed by atoms with van der Waals surface area (Å²) < 4.78 is 39.7. The SMILES string of the molecule is CC(NCC(O)C(N)=O)c1ccc(OC(F)(F)F)cc1. The third-order valence-corrected chi connectivity index (χ3v) is 2.56. The second kappa shape index (κ2) is 6.58. The number of ether oxygens (including phenoxy) is 1. The first-order valence-electron chi connectivity index (χ1n) is 5.75. The Hall–Kier alpha value is -1.80. The van der Waals surface area contributed by atoms with Gasteiger partial charge in [0, 0.05) is 12.6 Å². The molecule has 1 rings (SSSR count). The van der Waals surface area contributed by atoms with Crippen molar-refractivity contribution in [2.75, 3.05) is 6.54 Å². The van der Waals surface area contributed by atoms with Gasteiger partial charge in [0.2, 0.25) is 5.91 Å². The molecule has 1 aromatic rings. The van der Waals surface area contributed by atoms with Crippen LogP contribution in [0, 0.1) is 0 Å². The molecule has 4 N–H and O–H groups in total. The Morgan fingerprint density at radius 1 is 1.40 bits per heavy atom. The van der Waals surface area contributed by atoms with E-state index in [1.165, 1.54) is 24.3 Å². The molecule has 0 bridgehead atoms. The fraction of sp³-hybridized carbons (Fsp3) is 0.417. The summed E-state index contributed by atoms with van der Waals surface area (Å²) in [5, 5.41) is 12.0. The molecule has 0 aliphatic rings. The highest BCUT2D eigenvalue weighted by Gasteiger charge is 2.31. The highest BCUT2D eigenvalue weighted by Crippen LogP contribution is 2.24. The summed E-state index contributed by atoms with van der Waals surface area (Å²) in [4.78, 5) is 10.6. The summed E-state index contributed by atoms with van der Waals surface area (Å²) in [5.74, 6) is -1.16. The Kier molecular flexibility index (Phi) is 5.34. The number of benzene rings is 1. The maximum absolute atomic E-state index is 12.0. The van der Waals surface area contributed by atoms with E-state index in [0.29, 0.717) is 5.56 Å². The predicted octanol–water partition coefficient (Wildman–Crippen LogP) is 1.08. The van der Waals surface area contributed by atoms with Crippen LogP contribution in [0.3, 0.4) is 0 Å². The van der Waals surface area contributed by atoms with Gasteiger partial charge in [0.1, 0.15) is 11.9 Å². The van der Waals surface area contributed by atoms with E-state index in [1.807, 2.05) is 0 Å². The smallest absolute Gasteiger partial charge is 0.406 e.